The van der Waals surface area contributed by atoms with Gasteiger partial charge in [0, 0.05) is 11.9 Å². The maximum absolute atomic E-state index is 12.2. The van der Waals surface area contributed by atoms with E-state index in [1.165, 1.54) is 12.1 Å². The molecule has 0 amide bonds. The molecule has 1 rings (SSSR count). The second-order valence-corrected chi connectivity index (χ2v) is 6.21. The largest absolute Gasteiger partial charge is 0.481 e. The molecule has 0 radical (unpaired) electrons. The van der Waals surface area contributed by atoms with E-state index in [1.54, 1.807) is 18.2 Å². The summed E-state index contributed by atoms with van der Waals surface area (Å²) < 4.78 is 12.2. The van der Waals surface area contributed by atoms with Gasteiger partial charge in [0.2, 0.25) is 7.37 Å². The summed E-state index contributed by atoms with van der Waals surface area (Å²) in [5, 5.41) is 17.8. The topological polar surface area (TPSA) is 94.8 Å². The van der Waals surface area contributed by atoms with E-state index in [0.717, 1.165) is 0 Å². The SMILES string of the molecule is O=C(O)CC(CCO)P(=O)(O)c1ccccc1. The van der Waals surface area contributed by atoms with Crippen LogP contribution < -0.4 is 5.30 Å². The third-order valence-electron chi connectivity index (χ3n) is 2.49. The third kappa shape index (κ3) is 3.66. The molecule has 2 unspecified atom stereocenters. The van der Waals surface area contributed by atoms with Crippen LogP contribution in [0.1, 0.15) is 12.8 Å². The first kappa shape index (κ1) is 13.9. The van der Waals surface area contributed by atoms with Gasteiger partial charge in [-0.25, -0.2) is 0 Å². The highest BCUT2D eigenvalue weighted by atomic mass is 31.2. The minimum atomic E-state index is -3.77. The summed E-state index contributed by atoms with van der Waals surface area (Å²) in [6.07, 6.45) is -0.432. The normalized spacial score (nSPS) is 16.1. The van der Waals surface area contributed by atoms with E-state index in [-0.39, 0.29) is 18.3 Å². The quantitative estimate of drug-likeness (QED) is 0.656. The number of aliphatic hydroxyl groups excluding tert-OH is 1. The fraction of sp³-hybridized carbons (Fsp3) is 0.364. The lowest BCUT2D eigenvalue weighted by Gasteiger charge is -2.21. The van der Waals surface area contributed by atoms with Crippen LogP contribution in [0.4, 0.5) is 0 Å². The molecule has 0 aliphatic heterocycles. The average Bonchev–Trinajstić information content (AvgIpc) is 2.29. The zero-order valence-electron chi connectivity index (χ0n) is 9.19. The Labute approximate surface area is 99.2 Å². The molecule has 0 aliphatic rings. The van der Waals surface area contributed by atoms with Crippen LogP contribution >= 0.6 is 7.37 Å². The molecule has 2 atom stereocenters. The molecular weight excluding hydrogens is 243 g/mol. The molecular formula is C11H15O5P. The molecule has 0 spiro atoms. The Kier molecular flexibility index (Phi) is 4.87. The lowest BCUT2D eigenvalue weighted by Crippen LogP contribution is -2.21. The number of hydrogen-bond donors (Lipinski definition) is 3. The van der Waals surface area contributed by atoms with Crippen molar-refractivity contribution in [1.29, 1.82) is 0 Å². The number of aliphatic hydroxyl groups is 1. The highest BCUT2D eigenvalue weighted by Gasteiger charge is 2.33. The van der Waals surface area contributed by atoms with Crippen LogP contribution in [0.15, 0.2) is 30.3 Å². The van der Waals surface area contributed by atoms with Crippen molar-refractivity contribution in [3.05, 3.63) is 30.3 Å². The van der Waals surface area contributed by atoms with Crippen molar-refractivity contribution in [2.24, 2.45) is 0 Å². The lowest BCUT2D eigenvalue weighted by molar-refractivity contribution is -0.137. The van der Waals surface area contributed by atoms with Gasteiger partial charge in [-0.2, -0.15) is 0 Å². The highest BCUT2D eigenvalue weighted by Crippen LogP contribution is 2.47. The number of benzene rings is 1. The predicted octanol–water partition coefficient (Wildman–Crippen LogP) is 0.808. The molecule has 1 aromatic carbocycles. The van der Waals surface area contributed by atoms with Crippen molar-refractivity contribution in [2.75, 3.05) is 6.61 Å². The first-order chi connectivity index (χ1) is 7.98. The molecule has 17 heavy (non-hydrogen) atoms. The fourth-order valence-corrected chi connectivity index (χ4v) is 3.49. The predicted molar refractivity (Wildman–Crippen MR) is 63.6 cm³/mol. The first-order valence-electron chi connectivity index (χ1n) is 5.19. The maximum Gasteiger partial charge on any atom is 0.304 e. The van der Waals surface area contributed by atoms with Gasteiger partial charge in [0.25, 0.3) is 0 Å². The van der Waals surface area contributed by atoms with Crippen LogP contribution in [0, 0.1) is 0 Å². The Morgan fingerprint density at radius 2 is 1.88 bits per heavy atom. The summed E-state index contributed by atoms with van der Waals surface area (Å²) in [6, 6.07) is 7.94. The molecule has 0 saturated heterocycles. The number of rotatable bonds is 6. The van der Waals surface area contributed by atoms with Crippen LogP contribution in [0.2, 0.25) is 0 Å². The van der Waals surface area contributed by atoms with E-state index < -0.39 is 25.4 Å². The summed E-state index contributed by atoms with van der Waals surface area (Å²) in [5.74, 6) is -1.14. The molecule has 94 valence electrons. The summed E-state index contributed by atoms with van der Waals surface area (Å²) >= 11 is 0. The highest BCUT2D eigenvalue weighted by molar-refractivity contribution is 7.66. The molecule has 0 fully saturated rings. The monoisotopic (exact) mass is 258 g/mol. The second kappa shape index (κ2) is 5.96. The molecule has 0 heterocycles. The first-order valence-corrected chi connectivity index (χ1v) is 6.92. The van der Waals surface area contributed by atoms with Gasteiger partial charge in [-0.15, -0.1) is 0 Å². The van der Waals surface area contributed by atoms with E-state index in [1.807, 2.05) is 0 Å². The Hall–Kier alpha value is -1.16. The van der Waals surface area contributed by atoms with Crippen molar-refractivity contribution in [3.8, 4) is 0 Å². The van der Waals surface area contributed by atoms with Gasteiger partial charge in [0.15, 0.2) is 0 Å². The minimum Gasteiger partial charge on any atom is -0.481 e. The van der Waals surface area contributed by atoms with Crippen molar-refractivity contribution < 1.29 is 24.5 Å². The van der Waals surface area contributed by atoms with E-state index in [9.17, 15) is 14.3 Å². The molecule has 5 nitrogen and oxygen atoms in total. The van der Waals surface area contributed by atoms with Crippen molar-refractivity contribution in [2.45, 2.75) is 18.5 Å². The summed E-state index contributed by atoms with van der Waals surface area (Å²) in [7, 11) is -3.77. The Balaban J connectivity index is 2.99. The van der Waals surface area contributed by atoms with Crippen molar-refractivity contribution in [3.63, 3.8) is 0 Å². The van der Waals surface area contributed by atoms with Crippen molar-refractivity contribution >= 4 is 18.6 Å². The Morgan fingerprint density at radius 1 is 1.29 bits per heavy atom. The average molecular weight is 258 g/mol. The second-order valence-electron chi connectivity index (χ2n) is 3.72. The number of carboxylic acids is 1. The molecule has 0 saturated carbocycles. The third-order valence-corrected chi connectivity index (χ3v) is 4.96. The zero-order valence-corrected chi connectivity index (χ0v) is 10.1. The maximum atomic E-state index is 12.2. The van der Waals surface area contributed by atoms with Crippen LogP contribution in [0.5, 0.6) is 0 Å². The lowest BCUT2D eigenvalue weighted by atomic mass is 10.2. The van der Waals surface area contributed by atoms with E-state index in [4.69, 9.17) is 10.2 Å². The van der Waals surface area contributed by atoms with Crippen LogP contribution in [-0.4, -0.2) is 33.3 Å². The van der Waals surface area contributed by atoms with Gasteiger partial charge >= 0.3 is 5.97 Å². The van der Waals surface area contributed by atoms with Gasteiger partial charge in [0.1, 0.15) is 0 Å². The minimum absolute atomic E-state index is 0.00499. The smallest absolute Gasteiger partial charge is 0.304 e. The number of carbonyl (C=O) groups is 1. The molecule has 1 aromatic rings. The van der Waals surface area contributed by atoms with E-state index in [2.05, 4.69) is 0 Å². The van der Waals surface area contributed by atoms with Gasteiger partial charge in [0.05, 0.1) is 12.1 Å². The number of hydrogen-bond acceptors (Lipinski definition) is 3. The molecule has 0 aromatic heterocycles. The molecule has 0 bridgehead atoms. The van der Waals surface area contributed by atoms with E-state index >= 15 is 0 Å². The van der Waals surface area contributed by atoms with Gasteiger partial charge < -0.3 is 15.1 Å². The van der Waals surface area contributed by atoms with Crippen molar-refractivity contribution in [1.82, 2.24) is 0 Å². The van der Waals surface area contributed by atoms with Crippen LogP contribution in [0.3, 0.4) is 0 Å². The summed E-state index contributed by atoms with van der Waals surface area (Å²) in [5.41, 5.74) is -0.951. The summed E-state index contributed by atoms with van der Waals surface area (Å²) in [4.78, 5) is 20.7. The standard InChI is InChI=1S/C11H15O5P/c12-7-6-10(8-11(13)14)17(15,16)9-4-2-1-3-5-9/h1-5,10,12H,6-8H2,(H,13,14)(H,15,16). The zero-order chi connectivity index (χ0) is 12.9. The van der Waals surface area contributed by atoms with Gasteiger partial charge in [-0.1, -0.05) is 18.2 Å². The van der Waals surface area contributed by atoms with Gasteiger partial charge in [-0.3, -0.25) is 9.36 Å². The molecule has 6 heteroatoms. The Morgan fingerprint density at radius 3 is 2.35 bits per heavy atom. The number of aliphatic carboxylic acids is 1. The molecule has 0 aliphatic carbocycles. The summed E-state index contributed by atoms with van der Waals surface area (Å²) in [6.45, 7) is -0.310. The molecule has 3 N–H and O–H groups in total. The van der Waals surface area contributed by atoms with E-state index in [0.29, 0.717) is 0 Å². The number of carboxylic acid groups (broad SMARTS) is 1. The van der Waals surface area contributed by atoms with Crippen LogP contribution in [0.25, 0.3) is 0 Å². The van der Waals surface area contributed by atoms with Gasteiger partial charge in [-0.05, 0) is 18.6 Å². The Bertz CT molecular complexity index is 417. The fourth-order valence-electron chi connectivity index (χ4n) is 1.60. The van der Waals surface area contributed by atoms with Crippen LogP contribution in [-0.2, 0) is 9.36 Å².